The van der Waals surface area contributed by atoms with Crippen LogP contribution in [0.4, 0.5) is 4.39 Å². The topological polar surface area (TPSA) is 40.5 Å². The SMILES string of the molecule is CC(=O)c1cc(F)cc(CSCCN(C)C)c1O. The number of phenols is 1. The summed E-state index contributed by atoms with van der Waals surface area (Å²) in [6.45, 7) is 2.23. The molecule has 100 valence electrons. The van der Waals surface area contributed by atoms with Crippen molar-refractivity contribution in [1.82, 2.24) is 4.90 Å². The van der Waals surface area contributed by atoms with Crippen LogP contribution in [-0.4, -0.2) is 42.2 Å². The fourth-order valence-corrected chi connectivity index (χ4v) is 2.54. The average Bonchev–Trinajstić information content (AvgIpc) is 2.27. The van der Waals surface area contributed by atoms with Gasteiger partial charge < -0.3 is 10.0 Å². The molecule has 0 fully saturated rings. The van der Waals surface area contributed by atoms with E-state index in [9.17, 15) is 14.3 Å². The van der Waals surface area contributed by atoms with Crippen LogP contribution in [0.25, 0.3) is 0 Å². The molecular formula is C13H18FNO2S. The summed E-state index contributed by atoms with van der Waals surface area (Å²) in [5, 5.41) is 9.88. The summed E-state index contributed by atoms with van der Waals surface area (Å²) in [6, 6.07) is 2.36. The Balaban J connectivity index is 2.73. The molecule has 0 radical (unpaired) electrons. The molecule has 0 spiro atoms. The molecule has 0 aliphatic carbocycles. The Bertz CT molecular complexity index is 435. The summed E-state index contributed by atoms with van der Waals surface area (Å²) in [4.78, 5) is 13.3. The van der Waals surface area contributed by atoms with E-state index < -0.39 is 5.82 Å². The summed E-state index contributed by atoms with van der Waals surface area (Å²) in [6.07, 6.45) is 0. The normalized spacial score (nSPS) is 10.9. The van der Waals surface area contributed by atoms with E-state index in [4.69, 9.17) is 0 Å². The molecule has 1 aromatic carbocycles. The maximum atomic E-state index is 13.3. The largest absolute Gasteiger partial charge is 0.507 e. The lowest BCUT2D eigenvalue weighted by Gasteiger charge is -2.10. The molecule has 0 saturated heterocycles. The molecule has 0 aromatic heterocycles. The van der Waals surface area contributed by atoms with Gasteiger partial charge in [-0.15, -0.1) is 0 Å². The van der Waals surface area contributed by atoms with Crippen molar-refractivity contribution < 1.29 is 14.3 Å². The number of phenolic OH excluding ortho intramolecular Hbond substituents is 1. The van der Waals surface area contributed by atoms with E-state index in [2.05, 4.69) is 4.90 Å². The molecule has 0 amide bonds. The highest BCUT2D eigenvalue weighted by Gasteiger charge is 2.13. The molecule has 18 heavy (non-hydrogen) atoms. The number of Topliss-reactive ketones (excluding diaryl/α,β-unsaturated/α-hetero) is 1. The Kier molecular flexibility index (Phi) is 5.62. The number of ketones is 1. The van der Waals surface area contributed by atoms with Crippen LogP contribution < -0.4 is 0 Å². The number of nitrogens with zero attached hydrogens (tertiary/aromatic N) is 1. The fraction of sp³-hybridized carbons (Fsp3) is 0.462. The van der Waals surface area contributed by atoms with Crippen LogP contribution in [-0.2, 0) is 5.75 Å². The second kappa shape index (κ2) is 6.75. The first-order chi connectivity index (χ1) is 8.41. The van der Waals surface area contributed by atoms with E-state index in [1.54, 1.807) is 11.8 Å². The number of carbonyl (C=O) groups is 1. The molecule has 1 aromatic rings. The molecule has 3 nitrogen and oxygen atoms in total. The predicted octanol–water partition coefficient (Wildman–Crippen LogP) is 2.53. The molecule has 0 aliphatic heterocycles. The minimum atomic E-state index is -0.485. The second-order valence-electron chi connectivity index (χ2n) is 4.37. The van der Waals surface area contributed by atoms with Crippen molar-refractivity contribution in [1.29, 1.82) is 0 Å². The number of aromatic hydroxyl groups is 1. The van der Waals surface area contributed by atoms with Crippen molar-refractivity contribution in [2.24, 2.45) is 0 Å². The first-order valence-corrected chi connectivity index (χ1v) is 6.82. The van der Waals surface area contributed by atoms with Crippen LogP contribution in [0.1, 0.15) is 22.8 Å². The van der Waals surface area contributed by atoms with Gasteiger partial charge in [0.25, 0.3) is 0 Å². The van der Waals surface area contributed by atoms with Gasteiger partial charge in [-0.3, -0.25) is 4.79 Å². The maximum Gasteiger partial charge on any atom is 0.163 e. The minimum Gasteiger partial charge on any atom is -0.507 e. The highest BCUT2D eigenvalue weighted by atomic mass is 32.2. The Morgan fingerprint density at radius 3 is 2.67 bits per heavy atom. The molecule has 0 heterocycles. The quantitative estimate of drug-likeness (QED) is 0.637. The molecule has 0 saturated carbocycles. The van der Waals surface area contributed by atoms with Crippen molar-refractivity contribution in [2.75, 3.05) is 26.4 Å². The number of carbonyl (C=O) groups excluding carboxylic acids is 1. The number of halogens is 1. The number of benzene rings is 1. The van der Waals surface area contributed by atoms with E-state index in [0.717, 1.165) is 18.4 Å². The van der Waals surface area contributed by atoms with E-state index in [-0.39, 0.29) is 17.1 Å². The first kappa shape index (κ1) is 15.0. The number of hydrogen-bond acceptors (Lipinski definition) is 4. The first-order valence-electron chi connectivity index (χ1n) is 5.66. The molecule has 5 heteroatoms. The van der Waals surface area contributed by atoms with E-state index in [1.165, 1.54) is 13.0 Å². The van der Waals surface area contributed by atoms with Crippen molar-refractivity contribution in [3.05, 3.63) is 29.1 Å². The maximum absolute atomic E-state index is 13.3. The lowest BCUT2D eigenvalue weighted by atomic mass is 10.1. The summed E-state index contributed by atoms with van der Waals surface area (Å²) in [7, 11) is 3.96. The molecule has 0 aliphatic rings. The lowest BCUT2D eigenvalue weighted by molar-refractivity contribution is 0.101. The van der Waals surface area contributed by atoms with E-state index in [0.29, 0.717) is 11.3 Å². The van der Waals surface area contributed by atoms with Gasteiger partial charge in [-0.2, -0.15) is 11.8 Å². The number of thioether (sulfide) groups is 1. The third kappa shape index (κ3) is 4.31. The van der Waals surface area contributed by atoms with Crippen molar-refractivity contribution >= 4 is 17.5 Å². The van der Waals surface area contributed by atoms with Gasteiger partial charge in [0.15, 0.2) is 5.78 Å². The van der Waals surface area contributed by atoms with Gasteiger partial charge in [0, 0.05) is 23.6 Å². The van der Waals surface area contributed by atoms with Crippen LogP contribution in [0, 0.1) is 5.82 Å². The zero-order valence-corrected chi connectivity index (χ0v) is 11.7. The molecule has 1 rings (SSSR count). The summed E-state index contributed by atoms with van der Waals surface area (Å²) >= 11 is 1.60. The summed E-state index contributed by atoms with van der Waals surface area (Å²) in [5.41, 5.74) is 0.530. The van der Waals surface area contributed by atoms with Crippen LogP contribution >= 0.6 is 11.8 Å². The Labute approximate surface area is 111 Å². The fourth-order valence-electron chi connectivity index (χ4n) is 1.46. The highest BCUT2D eigenvalue weighted by Crippen LogP contribution is 2.28. The monoisotopic (exact) mass is 271 g/mol. The van der Waals surface area contributed by atoms with Crippen LogP contribution in [0.15, 0.2) is 12.1 Å². The summed E-state index contributed by atoms with van der Waals surface area (Å²) < 4.78 is 13.3. The van der Waals surface area contributed by atoms with Gasteiger partial charge in [-0.05, 0) is 33.2 Å². The number of hydrogen-bond donors (Lipinski definition) is 1. The Morgan fingerprint density at radius 1 is 1.44 bits per heavy atom. The van der Waals surface area contributed by atoms with Gasteiger partial charge in [0.1, 0.15) is 11.6 Å². The van der Waals surface area contributed by atoms with Gasteiger partial charge >= 0.3 is 0 Å². The molecule has 0 bridgehead atoms. The zero-order valence-electron chi connectivity index (χ0n) is 10.9. The molecule has 0 atom stereocenters. The van der Waals surface area contributed by atoms with Crippen LogP contribution in [0.5, 0.6) is 5.75 Å². The average molecular weight is 271 g/mol. The van der Waals surface area contributed by atoms with Crippen LogP contribution in [0.3, 0.4) is 0 Å². The van der Waals surface area contributed by atoms with Crippen molar-refractivity contribution in [3.63, 3.8) is 0 Å². The van der Waals surface area contributed by atoms with Crippen LogP contribution in [0.2, 0.25) is 0 Å². The van der Waals surface area contributed by atoms with Crippen molar-refractivity contribution in [2.45, 2.75) is 12.7 Å². The van der Waals surface area contributed by atoms with Gasteiger partial charge in [-0.25, -0.2) is 4.39 Å². The van der Waals surface area contributed by atoms with Gasteiger partial charge in [-0.1, -0.05) is 0 Å². The number of rotatable bonds is 6. The minimum absolute atomic E-state index is 0.0539. The molecule has 0 unspecified atom stereocenters. The Hall–Kier alpha value is -1.07. The molecule has 1 N–H and O–H groups in total. The van der Waals surface area contributed by atoms with Crippen molar-refractivity contribution in [3.8, 4) is 5.75 Å². The highest BCUT2D eigenvalue weighted by molar-refractivity contribution is 7.98. The van der Waals surface area contributed by atoms with Gasteiger partial charge in [0.2, 0.25) is 0 Å². The van der Waals surface area contributed by atoms with Gasteiger partial charge in [0.05, 0.1) is 5.56 Å². The Morgan fingerprint density at radius 2 is 2.11 bits per heavy atom. The lowest BCUT2D eigenvalue weighted by Crippen LogP contribution is -2.14. The van der Waals surface area contributed by atoms with E-state index in [1.807, 2.05) is 14.1 Å². The molecular weight excluding hydrogens is 253 g/mol. The third-order valence-electron chi connectivity index (χ3n) is 2.47. The second-order valence-corrected chi connectivity index (χ2v) is 5.48. The zero-order chi connectivity index (χ0) is 13.7. The standard InChI is InChI=1S/C13H18FNO2S/c1-9(16)12-7-11(14)6-10(13(12)17)8-18-5-4-15(2)3/h6-7,17H,4-5,8H2,1-3H3. The summed E-state index contributed by atoms with van der Waals surface area (Å²) in [5.74, 6) is 0.477. The van der Waals surface area contributed by atoms with E-state index >= 15 is 0 Å². The predicted molar refractivity (Wildman–Crippen MR) is 72.8 cm³/mol. The third-order valence-corrected chi connectivity index (χ3v) is 3.46. The smallest absolute Gasteiger partial charge is 0.163 e.